The standard InChI is InChI=1S/C18H14O4S/c1-3-21-17(19)13-5-9-15(10-6-13)23-16-11-7-14(8-12-16)18(20)22-4-2/h3-12H,1-2H2. The SMILES string of the molecule is C=COC(=O)c1ccc(Sc2ccc(C(=O)OC=C)cc2)cc1. The van der Waals surface area contributed by atoms with Gasteiger partial charge in [-0.15, -0.1) is 0 Å². The Hall–Kier alpha value is -2.79. The molecule has 0 aliphatic rings. The zero-order chi connectivity index (χ0) is 16.7. The molecule has 4 nitrogen and oxygen atoms in total. The summed E-state index contributed by atoms with van der Waals surface area (Å²) in [6.07, 6.45) is 2.20. The van der Waals surface area contributed by atoms with E-state index in [2.05, 4.69) is 13.2 Å². The molecule has 2 aromatic rings. The monoisotopic (exact) mass is 326 g/mol. The van der Waals surface area contributed by atoms with Crippen molar-refractivity contribution in [2.75, 3.05) is 0 Å². The van der Waals surface area contributed by atoms with Gasteiger partial charge in [-0.3, -0.25) is 0 Å². The number of esters is 2. The Labute approximate surface area is 138 Å². The maximum absolute atomic E-state index is 11.5. The Balaban J connectivity index is 2.04. The van der Waals surface area contributed by atoms with Crippen LogP contribution in [-0.2, 0) is 9.47 Å². The van der Waals surface area contributed by atoms with Gasteiger partial charge in [-0.05, 0) is 48.5 Å². The fourth-order valence-corrected chi connectivity index (χ4v) is 2.56. The van der Waals surface area contributed by atoms with E-state index < -0.39 is 11.9 Å². The summed E-state index contributed by atoms with van der Waals surface area (Å²) < 4.78 is 9.42. The van der Waals surface area contributed by atoms with Crippen LogP contribution in [0.5, 0.6) is 0 Å². The van der Waals surface area contributed by atoms with Gasteiger partial charge in [-0.25, -0.2) is 9.59 Å². The van der Waals surface area contributed by atoms with Crippen molar-refractivity contribution in [2.24, 2.45) is 0 Å². The average molecular weight is 326 g/mol. The molecule has 0 fully saturated rings. The third-order valence-corrected chi connectivity index (χ3v) is 3.81. The number of hydrogen-bond donors (Lipinski definition) is 0. The summed E-state index contributed by atoms with van der Waals surface area (Å²) >= 11 is 1.51. The van der Waals surface area contributed by atoms with Crippen LogP contribution in [0.3, 0.4) is 0 Å². The van der Waals surface area contributed by atoms with Gasteiger partial charge >= 0.3 is 11.9 Å². The van der Waals surface area contributed by atoms with Crippen molar-refractivity contribution in [1.82, 2.24) is 0 Å². The number of carbonyl (C=O) groups is 2. The number of hydrogen-bond acceptors (Lipinski definition) is 5. The van der Waals surface area contributed by atoms with Crippen LogP contribution < -0.4 is 0 Å². The zero-order valence-corrected chi connectivity index (χ0v) is 13.0. The van der Waals surface area contributed by atoms with E-state index in [1.165, 1.54) is 11.8 Å². The first-order valence-electron chi connectivity index (χ1n) is 6.66. The van der Waals surface area contributed by atoms with Crippen LogP contribution in [0.15, 0.2) is 84.0 Å². The van der Waals surface area contributed by atoms with Gasteiger partial charge in [0.15, 0.2) is 0 Å². The van der Waals surface area contributed by atoms with Crippen LogP contribution in [0.1, 0.15) is 20.7 Å². The van der Waals surface area contributed by atoms with Gasteiger partial charge < -0.3 is 9.47 Å². The van der Waals surface area contributed by atoms with E-state index in [1.54, 1.807) is 24.3 Å². The zero-order valence-electron chi connectivity index (χ0n) is 12.2. The molecule has 0 aliphatic heterocycles. The minimum Gasteiger partial charge on any atom is -0.432 e. The van der Waals surface area contributed by atoms with E-state index in [0.29, 0.717) is 11.1 Å². The molecule has 0 atom stereocenters. The highest BCUT2D eigenvalue weighted by molar-refractivity contribution is 7.99. The minimum absolute atomic E-state index is 0.443. The Morgan fingerprint density at radius 2 is 1.09 bits per heavy atom. The van der Waals surface area contributed by atoms with Crippen molar-refractivity contribution in [1.29, 1.82) is 0 Å². The van der Waals surface area contributed by atoms with E-state index in [0.717, 1.165) is 22.3 Å². The van der Waals surface area contributed by atoms with Crippen molar-refractivity contribution >= 4 is 23.7 Å². The van der Waals surface area contributed by atoms with Crippen LogP contribution >= 0.6 is 11.8 Å². The lowest BCUT2D eigenvalue weighted by atomic mass is 10.2. The van der Waals surface area contributed by atoms with Gasteiger partial charge in [0, 0.05) is 9.79 Å². The van der Waals surface area contributed by atoms with Crippen molar-refractivity contribution in [2.45, 2.75) is 9.79 Å². The summed E-state index contributed by atoms with van der Waals surface area (Å²) in [6.45, 7) is 6.69. The molecule has 0 radical (unpaired) electrons. The van der Waals surface area contributed by atoms with E-state index in [-0.39, 0.29) is 0 Å². The summed E-state index contributed by atoms with van der Waals surface area (Å²) in [6, 6.07) is 14.0. The molecule has 0 unspecified atom stereocenters. The third-order valence-electron chi connectivity index (χ3n) is 2.80. The van der Waals surface area contributed by atoms with Crippen LogP contribution in [-0.4, -0.2) is 11.9 Å². The molecular formula is C18H14O4S. The summed E-state index contributed by atoms with van der Waals surface area (Å²) in [4.78, 5) is 25.0. The Morgan fingerprint density at radius 1 is 0.739 bits per heavy atom. The van der Waals surface area contributed by atoms with Gasteiger partial charge in [0.1, 0.15) is 0 Å². The van der Waals surface area contributed by atoms with Gasteiger partial charge in [-0.2, -0.15) is 0 Å². The molecular weight excluding hydrogens is 312 g/mol. The fraction of sp³-hybridized carbons (Fsp3) is 0. The second-order valence-electron chi connectivity index (χ2n) is 4.29. The fourth-order valence-electron chi connectivity index (χ4n) is 1.74. The largest absolute Gasteiger partial charge is 0.432 e. The molecule has 0 saturated heterocycles. The van der Waals surface area contributed by atoms with Gasteiger partial charge in [-0.1, -0.05) is 24.9 Å². The smallest absolute Gasteiger partial charge is 0.342 e. The lowest BCUT2D eigenvalue weighted by Crippen LogP contribution is -1.99. The lowest BCUT2D eigenvalue weighted by molar-refractivity contribution is 0.0654. The van der Waals surface area contributed by atoms with Crippen molar-refractivity contribution in [3.8, 4) is 0 Å². The molecule has 2 rings (SSSR count). The van der Waals surface area contributed by atoms with Crippen molar-refractivity contribution < 1.29 is 19.1 Å². The predicted octanol–water partition coefficient (Wildman–Crippen LogP) is 4.44. The highest BCUT2D eigenvalue weighted by Gasteiger charge is 2.07. The summed E-state index contributed by atoms with van der Waals surface area (Å²) in [5, 5.41) is 0. The molecule has 0 bridgehead atoms. The van der Waals surface area contributed by atoms with Crippen LogP contribution in [0.4, 0.5) is 0 Å². The van der Waals surface area contributed by atoms with Crippen molar-refractivity contribution in [3.05, 3.63) is 85.3 Å². The topological polar surface area (TPSA) is 52.6 Å². The first-order chi connectivity index (χ1) is 11.1. The Kier molecular flexibility index (Phi) is 5.77. The predicted molar refractivity (Wildman–Crippen MR) is 88.2 cm³/mol. The van der Waals surface area contributed by atoms with E-state index in [9.17, 15) is 9.59 Å². The molecule has 0 aliphatic carbocycles. The van der Waals surface area contributed by atoms with E-state index >= 15 is 0 Å². The van der Waals surface area contributed by atoms with E-state index in [4.69, 9.17) is 9.47 Å². The average Bonchev–Trinajstić information content (AvgIpc) is 2.56. The molecule has 0 spiro atoms. The summed E-state index contributed by atoms with van der Waals surface area (Å²) in [5.41, 5.74) is 0.911. The number of benzene rings is 2. The molecule has 0 N–H and O–H groups in total. The number of ether oxygens (including phenoxy) is 2. The molecule has 0 saturated carbocycles. The molecule has 116 valence electrons. The molecule has 5 heteroatoms. The quantitative estimate of drug-likeness (QED) is 0.580. The molecule has 0 heterocycles. The Morgan fingerprint density at radius 3 is 1.39 bits per heavy atom. The molecule has 23 heavy (non-hydrogen) atoms. The normalized spacial score (nSPS) is 9.74. The molecule has 2 aromatic carbocycles. The summed E-state index contributed by atoms with van der Waals surface area (Å²) in [7, 11) is 0. The first kappa shape index (κ1) is 16.6. The number of carbonyl (C=O) groups excluding carboxylic acids is 2. The second kappa shape index (κ2) is 8.00. The second-order valence-corrected chi connectivity index (χ2v) is 5.44. The van der Waals surface area contributed by atoms with Crippen LogP contribution in [0.2, 0.25) is 0 Å². The molecule has 0 aromatic heterocycles. The van der Waals surface area contributed by atoms with Crippen molar-refractivity contribution in [3.63, 3.8) is 0 Å². The summed E-state index contributed by atoms with van der Waals surface area (Å²) in [5.74, 6) is -0.886. The van der Waals surface area contributed by atoms with Gasteiger partial charge in [0.2, 0.25) is 0 Å². The van der Waals surface area contributed by atoms with Gasteiger partial charge in [0.25, 0.3) is 0 Å². The highest BCUT2D eigenvalue weighted by atomic mass is 32.2. The minimum atomic E-state index is -0.443. The third kappa shape index (κ3) is 4.59. The number of rotatable bonds is 6. The van der Waals surface area contributed by atoms with Crippen LogP contribution in [0, 0.1) is 0 Å². The van der Waals surface area contributed by atoms with Gasteiger partial charge in [0.05, 0.1) is 23.7 Å². The highest BCUT2D eigenvalue weighted by Crippen LogP contribution is 2.28. The lowest BCUT2D eigenvalue weighted by Gasteiger charge is -2.04. The molecule has 0 amide bonds. The first-order valence-corrected chi connectivity index (χ1v) is 7.47. The Bertz CT molecular complexity index is 654. The maximum atomic E-state index is 11.5. The van der Waals surface area contributed by atoms with Crippen LogP contribution in [0.25, 0.3) is 0 Å². The van der Waals surface area contributed by atoms with E-state index in [1.807, 2.05) is 24.3 Å². The maximum Gasteiger partial charge on any atom is 0.342 e.